The molecule has 266 valence electrons. The first-order valence-corrected chi connectivity index (χ1v) is 19.0. The number of nitrogens with one attached hydrogen (secondary N) is 1. The minimum atomic E-state index is -3.80. The molecular weight excluding hydrogens is 678 g/mol. The van der Waals surface area contributed by atoms with Gasteiger partial charge < -0.3 is 19.5 Å². The average molecular weight is 722 g/mol. The third-order valence-corrected chi connectivity index (χ3v) is 12.1. The molecule has 11 nitrogen and oxygen atoms in total. The number of nitrogens with zero attached hydrogens (tertiary/aromatic N) is 4. The van der Waals surface area contributed by atoms with Crippen LogP contribution in [0.3, 0.4) is 0 Å². The van der Waals surface area contributed by atoms with Crippen molar-refractivity contribution in [1.82, 2.24) is 14.5 Å². The lowest BCUT2D eigenvalue weighted by molar-refractivity contribution is 0.0340. The van der Waals surface area contributed by atoms with Gasteiger partial charge in [0.15, 0.2) is 0 Å². The van der Waals surface area contributed by atoms with Crippen molar-refractivity contribution in [3.63, 3.8) is 0 Å². The number of aliphatic hydroxyl groups excluding tert-OH is 1. The van der Waals surface area contributed by atoms with Gasteiger partial charge in [-0.1, -0.05) is 30.3 Å². The summed E-state index contributed by atoms with van der Waals surface area (Å²) >= 11 is 6.43. The maximum Gasteiger partial charge on any atom is 0.286 e. The number of hydrogen-bond donors (Lipinski definition) is 2. The Bertz CT molecular complexity index is 1930. The fourth-order valence-corrected chi connectivity index (χ4v) is 9.22. The van der Waals surface area contributed by atoms with Crippen LogP contribution in [0.25, 0.3) is 0 Å². The van der Waals surface area contributed by atoms with E-state index < -0.39 is 33.8 Å². The fraction of sp³-hybridized carbons (Fsp3) is 0.432. The van der Waals surface area contributed by atoms with Crippen LogP contribution in [-0.4, -0.2) is 63.0 Å². The van der Waals surface area contributed by atoms with E-state index in [1.54, 1.807) is 31.3 Å². The molecule has 2 bridgehead atoms. The lowest BCUT2D eigenvalue weighted by Gasteiger charge is -2.44. The number of carbonyl (C=O) groups is 2. The number of halogens is 1. The molecule has 2 aliphatic heterocycles. The minimum absolute atomic E-state index is 0.0341. The van der Waals surface area contributed by atoms with Gasteiger partial charge in [-0.2, -0.15) is 0 Å². The van der Waals surface area contributed by atoms with E-state index in [9.17, 15) is 18.9 Å². The standard InChI is InChI=1S/C37H44ClN5O6S/c1-5-8-28-22-50(47,41-36(46)31-21-42(3)39-37(31)48-4)40-35(45)25-12-15-33-32(18-25)43(20-27-11-14-30(27)34(44)23(28)2)19-26-10-13-29(38)17-24(26)9-6-7-16-49-33/h5,10,12-13,15,17-18,21,27-28,30,34,44H,1-2,6-9,11,14,16,19-20,22H2,3-4H3,(H,40,41,45,46,47)/t27-,28-,30+,34-,50?/m0/s1. The summed E-state index contributed by atoms with van der Waals surface area (Å²) in [5.41, 5.74) is 3.69. The molecule has 0 radical (unpaired) electrons. The van der Waals surface area contributed by atoms with Crippen molar-refractivity contribution in [3.05, 3.63) is 94.7 Å². The van der Waals surface area contributed by atoms with Gasteiger partial charge in [0.2, 0.25) is 5.88 Å². The van der Waals surface area contributed by atoms with E-state index in [1.807, 2.05) is 12.1 Å². The van der Waals surface area contributed by atoms with Gasteiger partial charge in [-0.15, -0.1) is 16.0 Å². The van der Waals surface area contributed by atoms with Crippen LogP contribution < -0.4 is 19.1 Å². The number of fused-ring (bicyclic) bond motifs is 3. The minimum Gasteiger partial charge on any atom is -0.491 e. The Morgan fingerprint density at radius 1 is 1.22 bits per heavy atom. The van der Waals surface area contributed by atoms with Gasteiger partial charge in [0, 0.05) is 36.9 Å². The first-order chi connectivity index (χ1) is 24.0. The quantitative estimate of drug-likeness (QED) is 0.311. The predicted molar refractivity (Wildman–Crippen MR) is 194 cm³/mol. The van der Waals surface area contributed by atoms with Crippen LogP contribution in [0.5, 0.6) is 11.6 Å². The smallest absolute Gasteiger partial charge is 0.286 e. The monoisotopic (exact) mass is 721 g/mol. The molecule has 0 saturated heterocycles. The molecule has 2 amide bonds. The highest BCUT2D eigenvalue weighted by Crippen LogP contribution is 2.43. The van der Waals surface area contributed by atoms with E-state index >= 15 is 0 Å². The van der Waals surface area contributed by atoms with Crippen LogP contribution >= 0.6 is 11.6 Å². The highest BCUT2D eigenvalue weighted by atomic mass is 35.5. The van der Waals surface area contributed by atoms with Crippen LogP contribution in [0, 0.1) is 17.8 Å². The number of hydrogen-bond acceptors (Lipinski definition) is 8. The van der Waals surface area contributed by atoms with Crippen LogP contribution in [0.4, 0.5) is 5.69 Å². The third-order valence-electron chi connectivity index (χ3n) is 10.0. The number of benzene rings is 2. The molecule has 13 heteroatoms. The van der Waals surface area contributed by atoms with E-state index in [1.165, 1.54) is 18.0 Å². The summed E-state index contributed by atoms with van der Waals surface area (Å²) in [5, 5.41) is 16.6. The van der Waals surface area contributed by atoms with Crippen molar-refractivity contribution >= 4 is 39.0 Å². The second kappa shape index (κ2) is 15.0. The molecule has 3 heterocycles. The van der Waals surface area contributed by atoms with Crippen molar-refractivity contribution in [2.75, 3.05) is 30.9 Å². The molecular formula is C37H44ClN5O6S. The Morgan fingerprint density at radius 3 is 2.78 bits per heavy atom. The number of aromatic nitrogens is 2. The van der Waals surface area contributed by atoms with Gasteiger partial charge in [0.1, 0.15) is 21.2 Å². The molecule has 2 N–H and O–H groups in total. The molecule has 1 aliphatic carbocycles. The van der Waals surface area contributed by atoms with Crippen molar-refractivity contribution < 1.29 is 28.4 Å². The normalized spacial score (nSPS) is 25.6. The van der Waals surface area contributed by atoms with E-state index in [0.717, 1.165) is 43.2 Å². The highest BCUT2D eigenvalue weighted by Gasteiger charge is 2.41. The lowest BCUT2D eigenvalue weighted by atomic mass is 9.67. The number of aliphatic hydroxyl groups is 1. The number of aryl methyl sites for hydroxylation is 2. The molecule has 3 aliphatic rings. The number of amides is 2. The van der Waals surface area contributed by atoms with Gasteiger partial charge in [-0.3, -0.25) is 19.0 Å². The summed E-state index contributed by atoms with van der Waals surface area (Å²) in [6.07, 6.45) is 6.79. The number of carbonyl (C=O) groups excluding carboxylic acids is 2. The first kappa shape index (κ1) is 35.7. The van der Waals surface area contributed by atoms with Gasteiger partial charge in [-0.25, -0.2) is 4.21 Å². The topological polar surface area (TPSA) is 135 Å². The largest absolute Gasteiger partial charge is 0.491 e. The van der Waals surface area contributed by atoms with Crippen molar-refractivity contribution in [2.24, 2.45) is 29.2 Å². The molecule has 1 aromatic heterocycles. The van der Waals surface area contributed by atoms with Crippen molar-refractivity contribution in [2.45, 2.75) is 51.2 Å². The number of anilines is 1. The maximum absolute atomic E-state index is 14.8. The molecule has 1 fully saturated rings. The second-order valence-corrected chi connectivity index (χ2v) is 15.8. The zero-order valence-electron chi connectivity index (χ0n) is 28.5. The summed E-state index contributed by atoms with van der Waals surface area (Å²) in [6, 6.07) is 11.1. The van der Waals surface area contributed by atoms with Crippen LogP contribution in [-0.2, 0) is 29.9 Å². The Kier molecular flexibility index (Phi) is 10.7. The molecule has 50 heavy (non-hydrogen) atoms. The molecule has 5 atom stereocenters. The number of ether oxygens (including phenoxy) is 2. The Morgan fingerprint density at radius 2 is 2.04 bits per heavy atom. The molecule has 6 rings (SSSR count). The lowest BCUT2D eigenvalue weighted by Crippen LogP contribution is -2.45. The molecule has 3 aromatic rings. The molecule has 0 spiro atoms. The SMILES string of the molecule is C=CC[C@H]1CS(=O)(NC(=O)c2cn(C)nc2OC)=NC(=O)c2ccc3c(c2)N(Cc2ccc(Cl)cc2CCCCO3)C[C@@H]2CC[C@H]2[C@@H](O)C1=C. The Hall–Kier alpha value is -4.13. The third kappa shape index (κ3) is 7.62. The zero-order chi connectivity index (χ0) is 35.6. The van der Waals surface area contributed by atoms with E-state index in [2.05, 4.69) is 38.3 Å². The van der Waals surface area contributed by atoms with Crippen LogP contribution in [0.15, 0.2) is 71.8 Å². The summed E-state index contributed by atoms with van der Waals surface area (Å²) < 4.78 is 34.5. The maximum atomic E-state index is 14.8. The highest BCUT2D eigenvalue weighted by molar-refractivity contribution is 7.92. The predicted octanol–water partition coefficient (Wildman–Crippen LogP) is 5.91. The van der Waals surface area contributed by atoms with Gasteiger partial charge in [-0.05, 0) is 103 Å². The molecule has 1 unspecified atom stereocenters. The van der Waals surface area contributed by atoms with E-state index in [0.29, 0.717) is 48.1 Å². The van der Waals surface area contributed by atoms with Crippen molar-refractivity contribution in [1.29, 1.82) is 0 Å². The Balaban J connectivity index is 1.49. The summed E-state index contributed by atoms with van der Waals surface area (Å²) in [6.45, 7) is 9.77. The summed E-state index contributed by atoms with van der Waals surface area (Å²) in [4.78, 5) is 29.8. The van der Waals surface area contributed by atoms with Crippen LogP contribution in [0.2, 0.25) is 5.02 Å². The fourth-order valence-electron chi connectivity index (χ4n) is 7.15. The number of methoxy groups -OCH3 is 1. The Labute approximate surface area is 298 Å². The second-order valence-electron chi connectivity index (χ2n) is 13.4. The number of rotatable bonds is 5. The van der Waals surface area contributed by atoms with Crippen LogP contribution in [0.1, 0.15) is 63.9 Å². The zero-order valence-corrected chi connectivity index (χ0v) is 30.0. The average Bonchev–Trinajstić information content (AvgIpc) is 3.45. The van der Waals surface area contributed by atoms with Gasteiger partial charge in [0.25, 0.3) is 11.8 Å². The summed E-state index contributed by atoms with van der Waals surface area (Å²) in [5.74, 6) is -1.72. The van der Waals surface area contributed by atoms with Gasteiger partial charge >= 0.3 is 0 Å². The van der Waals surface area contributed by atoms with Crippen molar-refractivity contribution in [3.8, 4) is 11.6 Å². The molecule has 2 aromatic carbocycles. The van der Waals surface area contributed by atoms with E-state index in [-0.39, 0.29) is 34.6 Å². The van der Waals surface area contributed by atoms with E-state index in [4.69, 9.17) is 21.1 Å². The van der Waals surface area contributed by atoms with Gasteiger partial charge in [0.05, 0.1) is 31.3 Å². The molecule has 1 saturated carbocycles. The summed E-state index contributed by atoms with van der Waals surface area (Å²) in [7, 11) is -0.804. The number of allylic oxidation sites excluding steroid dienone is 1. The first-order valence-electron chi connectivity index (χ1n) is 16.9.